The summed E-state index contributed by atoms with van der Waals surface area (Å²) in [6.07, 6.45) is 1.83. The molecule has 4 aromatic rings. The molecule has 0 aliphatic carbocycles. The highest BCUT2D eigenvalue weighted by atomic mass is 32.1. The van der Waals surface area contributed by atoms with E-state index in [1.165, 1.54) is 23.5 Å². The van der Waals surface area contributed by atoms with Gasteiger partial charge >= 0.3 is 5.97 Å². The second-order valence-corrected chi connectivity index (χ2v) is 10.2. The van der Waals surface area contributed by atoms with Crippen LogP contribution in [0, 0.1) is 24.0 Å². The normalized spacial score (nSPS) is 15.2. The number of hydrogen-bond acceptors (Lipinski definition) is 7. The third kappa shape index (κ3) is 4.63. The fourth-order valence-electron chi connectivity index (χ4n) is 4.94. The zero-order chi connectivity index (χ0) is 27.8. The van der Waals surface area contributed by atoms with Gasteiger partial charge in [0.1, 0.15) is 0 Å². The fraction of sp³-hybridized carbons (Fsp3) is 0.207. The van der Waals surface area contributed by atoms with Gasteiger partial charge in [-0.3, -0.25) is 19.5 Å². The van der Waals surface area contributed by atoms with Gasteiger partial charge in [-0.25, -0.2) is 9.79 Å². The Kier molecular flexibility index (Phi) is 6.88. The number of aryl methyl sites for hydroxylation is 1. The molecule has 1 aliphatic rings. The first kappa shape index (κ1) is 26.1. The molecule has 198 valence electrons. The van der Waals surface area contributed by atoms with Crippen molar-refractivity contribution in [3.63, 3.8) is 0 Å². The van der Waals surface area contributed by atoms with E-state index in [1.807, 2.05) is 60.9 Å². The molecule has 9 nitrogen and oxygen atoms in total. The van der Waals surface area contributed by atoms with Crippen LogP contribution in [0.4, 0.5) is 5.69 Å². The van der Waals surface area contributed by atoms with Gasteiger partial charge in [-0.1, -0.05) is 41.7 Å². The number of esters is 1. The van der Waals surface area contributed by atoms with Crippen LogP contribution in [0.3, 0.4) is 0 Å². The molecule has 2 aromatic heterocycles. The number of nitrogens with zero attached hydrogens (tertiary/aromatic N) is 4. The van der Waals surface area contributed by atoms with E-state index in [-0.39, 0.29) is 17.9 Å². The molecule has 0 radical (unpaired) electrons. The summed E-state index contributed by atoms with van der Waals surface area (Å²) < 4.78 is 9.38. The molecular weight excluding hydrogens is 516 g/mol. The highest BCUT2D eigenvalue weighted by molar-refractivity contribution is 7.07. The molecule has 5 rings (SSSR count). The van der Waals surface area contributed by atoms with Crippen molar-refractivity contribution in [2.45, 2.75) is 33.7 Å². The van der Waals surface area contributed by atoms with Gasteiger partial charge in [0.05, 0.1) is 33.4 Å². The van der Waals surface area contributed by atoms with Gasteiger partial charge in [0.25, 0.3) is 11.2 Å². The van der Waals surface area contributed by atoms with E-state index in [0.29, 0.717) is 20.6 Å². The summed E-state index contributed by atoms with van der Waals surface area (Å²) in [7, 11) is 0. The second kappa shape index (κ2) is 10.3. The number of aromatic nitrogens is 2. The maximum atomic E-state index is 13.8. The number of nitro benzene ring substituents is 1. The maximum Gasteiger partial charge on any atom is 0.338 e. The zero-order valence-electron chi connectivity index (χ0n) is 21.9. The molecule has 0 fully saturated rings. The highest BCUT2D eigenvalue weighted by Crippen LogP contribution is 2.30. The van der Waals surface area contributed by atoms with Crippen LogP contribution in [0.25, 0.3) is 11.8 Å². The molecule has 1 unspecified atom stereocenters. The van der Waals surface area contributed by atoms with Crippen molar-refractivity contribution in [3.8, 4) is 5.69 Å². The van der Waals surface area contributed by atoms with E-state index in [2.05, 4.69) is 4.99 Å². The Labute approximate surface area is 227 Å². The molecule has 3 heterocycles. The van der Waals surface area contributed by atoms with Crippen LogP contribution in [0.5, 0.6) is 0 Å². The maximum absolute atomic E-state index is 13.8. The summed E-state index contributed by atoms with van der Waals surface area (Å²) in [5, 5.41) is 11.1. The lowest BCUT2D eigenvalue weighted by Gasteiger charge is -2.24. The number of hydrogen-bond donors (Lipinski definition) is 0. The first-order valence-corrected chi connectivity index (χ1v) is 13.2. The number of carbonyl (C=O) groups excluding carboxylic acids is 1. The van der Waals surface area contributed by atoms with Crippen LogP contribution >= 0.6 is 11.3 Å². The topological polar surface area (TPSA) is 109 Å². The zero-order valence-corrected chi connectivity index (χ0v) is 22.7. The van der Waals surface area contributed by atoms with Gasteiger partial charge in [0.2, 0.25) is 0 Å². The van der Waals surface area contributed by atoms with Gasteiger partial charge in [-0.2, -0.15) is 0 Å². The Bertz CT molecular complexity index is 1810. The van der Waals surface area contributed by atoms with Crippen molar-refractivity contribution >= 4 is 29.1 Å². The lowest BCUT2D eigenvalue weighted by Crippen LogP contribution is -2.39. The van der Waals surface area contributed by atoms with Crippen LogP contribution in [0.15, 0.2) is 81.7 Å². The molecule has 1 aliphatic heterocycles. The number of benzene rings is 2. The summed E-state index contributed by atoms with van der Waals surface area (Å²) in [4.78, 5) is 42.6. The molecule has 0 saturated carbocycles. The second-order valence-electron chi connectivity index (χ2n) is 9.15. The Morgan fingerprint density at radius 1 is 1.13 bits per heavy atom. The fourth-order valence-corrected chi connectivity index (χ4v) is 5.98. The number of thiazole rings is 1. The molecule has 39 heavy (non-hydrogen) atoms. The minimum atomic E-state index is -0.656. The van der Waals surface area contributed by atoms with Crippen LogP contribution in [-0.2, 0) is 9.53 Å². The lowest BCUT2D eigenvalue weighted by atomic mass is 9.96. The summed E-state index contributed by atoms with van der Waals surface area (Å²) in [5.41, 5.74) is 4.86. The minimum Gasteiger partial charge on any atom is -0.463 e. The molecule has 1 atom stereocenters. The standard InChI is InChI=1S/C29H26N4O5S/c1-5-38-28(35)25-18(3)30-29-32(26(25)20-9-7-6-8-10-20)27(34)24(39-29)16-21-15-17(2)31(19(21)4)22-11-13-23(14-12-22)33(36)37/h6-16,26H,5H2,1-4H3/b24-16+. The van der Waals surface area contributed by atoms with Crippen molar-refractivity contribution in [2.75, 3.05) is 6.61 Å². The van der Waals surface area contributed by atoms with Crippen molar-refractivity contribution in [3.05, 3.63) is 124 Å². The predicted octanol–water partition coefficient (Wildman–Crippen LogP) is 4.11. The average molecular weight is 543 g/mol. The Morgan fingerprint density at radius 2 is 1.82 bits per heavy atom. The number of allylic oxidation sites excluding steroid dienone is 1. The number of rotatable bonds is 6. The van der Waals surface area contributed by atoms with E-state index in [9.17, 15) is 19.7 Å². The van der Waals surface area contributed by atoms with Crippen molar-refractivity contribution in [1.29, 1.82) is 0 Å². The van der Waals surface area contributed by atoms with E-state index in [1.54, 1.807) is 30.5 Å². The quantitative estimate of drug-likeness (QED) is 0.207. The van der Waals surface area contributed by atoms with E-state index in [4.69, 9.17) is 4.74 Å². The summed E-state index contributed by atoms with van der Waals surface area (Å²) in [6.45, 7) is 7.60. The summed E-state index contributed by atoms with van der Waals surface area (Å²) in [6, 6.07) is 17.1. The molecule has 0 saturated heterocycles. The number of nitro groups is 1. The predicted molar refractivity (Wildman–Crippen MR) is 149 cm³/mol. The highest BCUT2D eigenvalue weighted by Gasteiger charge is 2.33. The summed E-state index contributed by atoms with van der Waals surface area (Å²) >= 11 is 1.27. The van der Waals surface area contributed by atoms with Gasteiger partial charge in [-0.05, 0) is 63.1 Å². The Hall–Kier alpha value is -4.57. The van der Waals surface area contributed by atoms with Crippen LogP contribution in [-0.4, -0.2) is 26.6 Å². The number of non-ortho nitro benzene ring substituents is 1. The molecule has 0 spiro atoms. The van der Waals surface area contributed by atoms with E-state index < -0.39 is 16.9 Å². The molecule has 0 N–H and O–H groups in total. The number of fused-ring (bicyclic) bond motifs is 1. The molecular formula is C29H26N4O5S. The first-order valence-electron chi connectivity index (χ1n) is 12.4. The van der Waals surface area contributed by atoms with Crippen LogP contribution < -0.4 is 14.9 Å². The molecule has 10 heteroatoms. The van der Waals surface area contributed by atoms with Crippen molar-refractivity contribution in [1.82, 2.24) is 9.13 Å². The van der Waals surface area contributed by atoms with Gasteiger partial charge < -0.3 is 9.30 Å². The van der Waals surface area contributed by atoms with E-state index in [0.717, 1.165) is 28.2 Å². The Morgan fingerprint density at radius 3 is 2.46 bits per heavy atom. The van der Waals surface area contributed by atoms with Crippen molar-refractivity contribution in [2.24, 2.45) is 4.99 Å². The first-order chi connectivity index (χ1) is 18.7. The van der Waals surface area contributed by atoms with Gasteiger partial charge in [0.15, 0.2) is 4.80 Å². The van der Waals surface area contributed by atoms with Crippen LogP contribution in [0.2, 0.25) is 0 Å². The lowest BCUT2D eigenvalue weighted by molar-refractivity contribution is -0.384. The SMILES string of the molecule is CCOC(=O)C1=C(C)N=c2s/c(=C/c3cc(C)n(-c4ccc([N+](=O)[O-])cc4)c3C)c(=O)n2C1c1ccccc1. The number of carbonyl (C=O) groups is 1. The van der Waals surface area contributed by atoms with E-state index >= 15 is 0 Å². The van der Waals surface area contributed by atoms with Gasteiger partial charge in [-0.15, -0.1) is 0 Å². The Balaban J connectivity index is 1.65. The largest absolute Gasteiger partial charge is 0.463 e. The number of ether oxygens (including phenoxy) is 1. The molecule has 0 amide bonds. The van der Waals surface area contributed by atoms with Crippen LogP contribution in [0.1, 0.15) is 42.4 Å². The van der Waals surface area contributed by atoms with Gasteiger partial charge in [0, 0.05) is 29.2 Å². The average Bonchev–Trinajstić information content (AvgIpc) is 3.37. The monoisotopic (exact) mass is 542 g/mol. The molecule has 2 aromatic carbocycles. The minimum absolute atomic E-state index is 0.0213. The third-order valence-corrected chi connectivity index (χ3v) is 7.69. The smallest absolute Gasteiger partial charge is 0.338 e. The molecule has 0 bridgehead atoms. The van der Waals surface area contributed by atoms with Crippen molar-refractivity contribution < 1.29 is 14.5 Å². The summed E-state index contributed by atoms with van der Waals surface area (Å²) in [5.74, 6) is -0.492. The third-order valence-electron chi connectivity index (χ3n) is 6.71.